The number of nitrogens with one attached hydrogen (secondary N) is 1. The lowest BCUT2D eigenvalue weighted by Crippen LogP contribution is -2.52. The molecule has 1 aromatic carbocycles. The van der Waals surface area contributed by atoms with Gasteiger partial charge in [-0.05, 0) is 51.0 Å². The number of amides is 2. The van der Waals surface area contributed by atoms with E-state index in [2.05, 4.69) is 50.4 Å². The van der Waals surface area contributed by atoms with Crippen molar-refractivity contribution in [3.8, 4) is 0 Å². The van der Waals surface area contributed by atoms with Crippen molar-refractivity contribution in [1.82, 2.24) is 10.2 Å². The Morgan fingerprint density at radius 1 is 1.33 bits per heavy atom. The molecule has 0 saturated carbocycles. The summed E-state index contributed by atoms with van der Waals surface area (Å²) < 4.78 is 0. The van der Waals surface area contributed by atoms with Crippen LogP contribution in [0.4, 0.5) is 4.79 Å². The van der Waals surface area contributed by atoms with Crippen LogP contribution in [-0.2, 0) is 6.42 Å². The number of nitrogens with zero attached hydrogens (tertiary/aromatic N) is 1. The number of rotatable bonds is 4. The summed E-state index contributed by atoms with van der Waals surface area (Å²) in [4.78, 5) is 14.4. The van der Waals surface area contributed by atoms with Gasteiger partial charge in [-0.2, -0.15) is 0 Å². The molecule has 1 unspecified atom stereocenters. The number of carbonyl (C=O) groups excluding carboxylic acids is 1. The first-order valence-electron chi connectivity index (χ1n) is 8.07. The van der Waals surface area contributed by atoms with Gasteiger partial charge in [0.25, 0.3) is 0 Å². The van der Waals surface area contributed by atoms with Crippen molar-refractivity contribution < 1.29 is 4.79 Å². The minimum absolute atomic E-state index is 0.0969. The van der Waals surface area contributed by atoms with Crippen LogP contribution < -0.4 is 5.32 Å². The number of piperidine rings is 1. The van der Waals surface area contributed by atoms with Gasteiger partial charge in [0.1, 0.15) is 0 Å². The van der Waals surface area contributed by atoms with E-state index in [9.17, 15) is 4.79 Å². The third-order valence-corrected chi connectivity index (χ3v) is 4.27. The van der Waals surface area contributed by atoms with Crippen LogP contribution in [0.15, 0.2) is 30.3 Å². The number of aryl methyl sites for hydroxylation is 1. The van der Waals surface area contributed by atoms with E-state index in [4.69, 9.17) is 0 Å². The average Bonchev–Trinajstić information content (AvgIpc) is 2.46. The summed E-state index contributed by atoms with van der Waals surface area (Å²) in [5.41, 5.74) is 1.15. The maximum Gasteiger partial charge on any atom is 0.317 e. The zero-order chi connectivity index (χ0) is 15.3. The lowest BCUT2D eigenvalue weighted by molar-refractivity contribution is 0.159. The maximum atomic E-state index is 12.4. The third-order valence-electron chi connectivity index (χ3n) is 4.27. The minimum Gasteiger partial charge on any atom is -0.333 e. The Kier molecular flexibility index (Phi) is 5.27. The van der Waals surface area contributed by atoms with E-state index in [1.54, 1.807) is 0 Å². The fraction of sp³-hybridized carbons (Fsp3) is 0.611. The molecule has 2 amide bonds. The standard InChI is InChI=1S/C18H28N2O/c1-15-8-7-13-20(14-15)17(21)19-18(2,3)12-11-16-9-5-4-6-10-16/h4-6,9-10,15H,7-8,11-14H2,1-3H3,(H,19,21). The molecule has 0 spiro atoms. The van der Waals surface area contributed by atoms with E-state index < -0.39 is 0 Å². The van der Waals surface area contributed by atoms with Gasteiger partial charge < -0.3 is 10.2 Å². The van der Waals surface area contributed by atoms with Crippen LogP contribution in [0.3, 0.4) is 0 Å². The zero-order valence-electron chi connectivity index (χ0n) is 13.6. The Labute approximate surface area is 128 Å². The molecule has 3 nitrogen and oxygen atoms in total. The van der Waals surface area contributed by atoms with Crippen LogP contribution in [0.2, 0.25) is 0 Å². The molecule has 0 aliphatic carbocycles. The van der Waals surface area contributed by atoms with Gasteiger partial charge in [0.2, 0.25) is 0 Å². The van der Waals surface area contributed by atoms with Gasteiger partial charge in [-0.25, -0.2) is 4.79 Å². The van der Waals surface area contributed by atoms with E-state index in [1.165, 1.54) is 12.0 Å². The molecule has 0 radical (unpaired) electrons. The second-order valence-electron chi connectivity index (χ2n) is 6.99. The van der Waals surface area contributed by atoms with Crippen LogP contribution in [0.5, 0.6) is 0 Å². The molecule has 1 fully saturated rings. The zero-order valence-corrected chi connectivity index (χ0v) is 13.6. The van der Waals surface area contributed by atoms with E-state index in [-0.39, 0.29) is 11.6 Å². The number of benzene rings is 1. The minimum atomic E-state index is -0.173. The average molecular weight is 288 g/mol. The number of hydrogen-bond acceptors (Lipinski definition) is 1. The molecule has 1 aliphatic rings. The van der Waals surface area contributed by atoms with Gasteiger partial charge in [-0.1, -0.05) is 37.3 Å². The Morgan fingerprint density at radius 2 is 2.05 bits per heavy atom. The van der Waals surface area contributed by atoms with Crippen molar-refractivity contribution in [3.63, 3.8) is 0 Å². The summed E-state index contributed by atoms with van der Waals surface area (Å²) in [7, 11) is 0. The van der Waals surface area contributed by atoms with Gasteiger partial charge in [0, 0.05) is 18.6 Å². The lowest BCUT2D eigenvalue weighted by atomic mass is 9.95. The highest BCUT2D eigenvalue weighted by Crippen LogP contribution is 2.18. The second-order valence-corrected chi connectivity index (χ2v) is 6.99. The summed E-state index contributed by atoms with van der Waals surface area (Å²) in [5.74, 6) is 0.622. The molecule has 1 aromatic rings. The van der Waals surface area contributed by atoms with Gasteiger partial charge in [-0.3, -0.25) is 0 Å². The predicted octanol–water partition coefficient (Wildman–Crippen LogP) is 3.84. The highest BCUT2D eigenvalue weighted by Gasteiger charge is 2.26. The Balaban J connectivity index is 1.83. The van der Waals surface area contributed by atoms with Crippen LogP contribution in [0, 0.1) is 5.92 Å². The van der Waals surface area contributed by atoms with Crippen LogP contribution in [0.1, 0.15) is 45.6 Å². The fourth-order valence-corrected chi connectivity index (χ4v) is 2.91. The number of carbonyl (C=O) groups is 1. The molecule has 1 N–H and O–H groups in total. The summed E-state index contributed by atoms with van der Waals surface area (Å²) in [5, 5.41) is 3.20. The number of likely N-dealkylation sites (tertiary alicyclic amines) is 1. The maximum absolute atomic E-state index is 12.4. The molecule has 1 saturated heterocycles. The summed E-state index contributed by atoms with van der Waals surface area (Å²) in [6.07, 6.45) is 4.30. The number of urea groups is 1. The van der Waals surface area contributed by atoms with Crippen LogP contribution in [0.25, 0.3) is 0 Å². The molecule has 0 bridgehead atoms. The monoisotopic (exact) mass is 288 g/mol. The van der Waals surface area contributed by atoms with Crippen molar-refractivity contribution in [2.75, 3.05) is 13.1 Å². The third kappa shape index (κ3) is 5.07. The first-order valence-corrected chi connectivity index (χ1v) is 8.07. The predicted molar refractivity (Wildman–Crippen MR) is 87.3 cm³/mol. The first kappa shape index (κ1) is 15.9. The van der Waals surface area contributed by atoms with Crippen molar-refractivity contribution in [3.05, 3.63) is 35.9 Å². The van der Waals surface area contributed by atoms with Gasteiger partial charge in [0.05, 0.1) is 0 Å². The molecule has 1 aliphatic heterocycles. The van der Waals surface area contributed by atoms with Gasteiger partial charge in [0.15, 0.2) is 0 Å². The largest absolute Gasteiger partial charge is 0.333 e. The quantitative estimate of drug-likeness (QED) is 0.897. The highest BCUT2D eigenvalue weighted by molar-refractivity contribution is 5.75. The molecular formula is C18H28N2O. The summed E-state index contributed by atoms with van der Waals surface area (Å²) in [6, 6.07) is 10.5. The fourth-order valence-electron chi connectivity index (χ4n) is 2.91. The number of hydrogen-bond donors (Lipinski definition) is 1. The van der Waals surface area contributed by atoms with Crippen molar-refractivity contribution >= 4 is 6.03 Å². The smallest absolute Gasteiger partial charge is 0.317 e. The van der Waals surface area contributed by atoms with Gasteiger partial charge in [-0.15, -0.1) is 0 Å². The van der Waals surface area contributed by atoms with E-state index >= 15 is 0 Å². The highest BCUT2D eigenvalue weighted by atomic mass is 16.2. The van der Waals surface area contributed by atoms with E-state index in [0.29, 0.717) is 5.92 Å². The molecular weight excluding hydrogens is 260 g/mol. The second kappa shape index (κ2) is 6.97. The Morgan fingerprint density at radius 3 is 2.71 bits per heavy atom. The van der Waals surface area contributed by atoms with Crippen molar-refractivity contribution in [2.24, 2.45) is 5.92 Å². The van der Waals surface area contributed by atoms with Crippen molar-refractivity contribution in [1.29, 1.82) is 0 Å². The molecule has 1 atom stereocenters. The van der Waals surface area contributed by atoms with Gasteiger partial charge >= 0.3 is 6.03 Å². The topological polar surface area (TPSA) is 32.3 Å². The summed E-state index contributed by atoms with van der Waals surface area (Å²) >= 11 is 0. The first-order chi connectivity index (χ1) is 9.96. The summed E-state index contributed by atoms with van der Waals surface area (Å²) in [6.45, 7) is 8.23. The Hall–Kier alpha value is -1.51. The molecule has 0 aromatic heterocycles. The van der Waals surface area contributed by atoms with Crippen LogP contribution >= 0.6 is 0 Å². The lowest BCUT2D eigenvalue weighted by Gasteiger charge is -2.35. The van der Waals surface area contributed by atoms with E-state index in [0.717, 1.165) is 32.4 Å². The van der Waals surface area contributed by atoms with Crippen LogP contribution in [-0.4, -0.2) is 29.6 Å². The molecule has 3 heteroatoms. The molecule has 21 heavy (non-hydrogen) atoms. The molecule has 116 valence electrons. The van der Waals surface area contributed by atoms with Crippen molar-refractivity contribution in [2.45, 2.75) is 52.0 Å². The Bertz CT molecular complexity index is 456. The SMILES string of the molecule is CC1CCCN(C(=O)NC(C)(C)CCc2ccccc2)C1. The molecule has 1 heterocycles. The normalized spacial score (nSPS) is 19.4. The van der Waals surface area contributed by atoms with E-state index in [1.807, 2.05) is 11.0 Å². The molecule has 2 rings (SSSR count).